The van der Waals surface area contributed by atoms with Gasteiger partial charge in [0.15, 0.2) is 0 Å². The molecule has 268 valence electrons. The lowest BCUT2D eigenvalue weighted by atomic mass is 9.84. The molecule has 0 bridgehead atoms. The Bertz CT molecular complexity index is 3270. The van der Waals surface area contributed by atoms with Crippen LogP contribution in [0.3, 0.4) is 0 Å². The maximum Gasteiger partial charge on any atom is -0.00262 e. The highest BCUT2D eigenvalue weighted by molar-refractivity contribution is 6.24. The van der Waals surface area contributed by atoms with Gasteiger partial charge in [-0.2, -0.15) is 0 Å². The number of rotatable bonds is 4. The van der Waals surface area contributed by atoms with Crippen molar-refractivity contribution >= 4 is 75.4 Å². The summed E-state index contributed by atoms with van der Waals surface area (Å²) in [7, 11) is 0. The van der Waals surface area contributed by atoms with E-state index in [1.807, 2.05) is 0 Å². The molecule has 0 heterocycles. The summed E-state index contributed by atoms with van der Waals surface area (Å²) in [5, 5.41) is 17.7. The van der Waals surface area contributed by atoms with Gasteiger partial charge in [-0.05, 0) is 144 Å². The molecule has 0 aliphatic heterocycles. The number of hydrogen-bond donors (Lipinski definition) is 0. The van der Waals surface area contributed by atoms with E-state index >= 15 is 0 Å². The van der Waals surface area contributed by atoms with Crippen LogP contribution >= 0.6 is 0 Å². The monoisotopic (exact) mass is 732 g/mol. The van der Waals surface area contributed by atoms with Crippen LogP contribution in [0.25, 0.3) is 120 Å². The fourth-order valence-electron chi connectivity index (χ4n) is 9.75. The zero-order valence-electron chi connectivity index (χ0n) is 31.8. The van der Waals surface area contributed by atoms with Crippen molar-refractivity contribution in [2.45, 2.75) is 0 Å². The van der Waals surface area contributed by atoms with Crippen molar-refractivity contribution in [2.24, 2.45) is 0 Å². The van der Waals surface area contributed by atoms with Crippen LogP contribution in [0.1, 0.15) is 0 Å². The third-order valence-electron chi connectivity index (χ3n) is 12.4. The highest BCUT2D eigenvalue weighted by Crippen LogP contribution is 2.47. The molecule has 0 aliphatic carbocycles. The lowest BCUT2D eigenvalue weighted by Crippen LogP contribution is -1.92. The summed E-state index contributed by atoms with van der Waals surface area (Å²) in [4.78, 5) is 0. The molecule has 0 spiro atoms. The van der Waals surface area contributed by atoms with Crippen LogP contribution in [0.5, 0.6) is 0 Å². The van der Waals surface area contributed by atoms with Gasteiger partial charge < -0.3 is 0 Å². The molecule has 0 aliphatic rings. The van der Waals surface area contributed by atoms with Crippen LogP contribution in [0, 0.1) is 0 Å². The van der Waals surface area contributed by atoms with Crippen molar-refractivity contribution in [3.63, 3.8) is 0 Å². The molecule has 0 fully saturated rings. The van der Waals surface area contributed by atoms with E-state index in [1.165, 1.54) is 120 Å². The maximum absolute atomic E-state index is 2.39. The molecule has 0 amide bonds. The van der Waals surface area contributed by atoms with Crippen molar-refractivity contribution in [1.29, 1.82) is 0 Å². The summed E-state index contributed by atoms with van der Waals surface area (Å²) in [6.07, 6.45) is 0. The van der Waals surface area contributed by atoms with Crippen molar-refractivity contribution in [3.05, 3.63) is 218 Å². The first-order chi connectivity index (χ1) is 28.8. The van der Waals surface area contributed by atoms with Gasteiger partial charge in [0, 0.05) is 0 Å². The Morgan fingerprint density at radius 1 is 0.155 bits per heavy atom. The van der Waals surface area contributed by atoms with Gasteiger partial charge in [-0.1, -0.05) is 194 Å². The third kappa shape index (κ3) is 5.09. The number of benzene rings is 12. The summed E-state index contributed by atoms with van der Waals surface area (Å²) >= 11 is 0. The first-order valence-electron chi connectivity index (χ1n) is 20.2. The van der Waals surface area contributed by atoms with Crippen LogP contribution in [0.15, 0.2) is 218 Å². The van der Waals surface area contributed by atoms with E-state index in [1.54, 1.807) is 0 Å². The number of hydrogen-bond acceptors (Lipinski definition) is 0. The molecule has 12 rings (SSSR count). The van der Waals surface area contributed by atoms with Crippen molar-refractivity contribution < 1.29 is 0 Å². The van der Waals surface area contributed by atoms with Gasteiger partial charge in [0.05, 0.1) is 0 Å². The molecule has 0 nitrogen and oxygen atoms in total. The smallest absolute Gasteiger partial charge is 0.00262 e. The first kappa shape index (κ1) is 32.7. The fourth-order valence-corrected chi connectivity index (χ4v) is 9.75. The van der Waals surface area contributed by atoms with E-state index < -0.39 is 0 Å². The summed E-state index contributed by atoms with van der Waals surface area (Å²) in [6, 6.07) is 80.9. The highest BCUT2D eigenvalue weighted by Gasteiger charge is 2.19. The van der Waals surface area contributed by atoms with Crippen LogP contribution in [0.2, 0.25) is 0 Å². The second kappa shape index (κ2) is 13.0. The normalized spacial score (nSPS) is 11.8. The molecule has 0 heteroatoms. The Labute approximate surface area is 336 Å². The zero-order valence-corrected chi connectivity index (χ0v) is 31.8. The van der Waals surface area contributed by atoms with Gasteiger partial charge in [0.1, 0.15) is 0 Å². The van der Waals surface area contributed by atoms with Gasteiger partial charge in [0.2, 0.25) is 0 Å². The van der Waals surface area contributed by atoms with Gasteiger partial charge >= 0.3 is 0 Å². The Balaban J connectivity index is 1.03. The molecule has 0 N–H and O–H groups in total. The SMILES string of the molecule is c1ccc2cc(-c3c4ccccc4c(-c4ccc5cc(-c6c7ccccc7c(-c7ccc8ccccc8c7)c7ccccc67)ccc5c4)c4ccccc34)ccc2c1. The van der Waals surface area contributed by atoms with E-state index in [2.05, 4.69) is 218 Å². The average Bonchev–Trinajstić information content (AvgIpc) is 3.29. The summed E-state index contributed by atoms with van der Waals surface area (Å²) in [6.45, 7) is 0. The maximum atomic E-state index is 2.39. The molecule has 12 aromatic rings. The Morgan fingerprint density at radius 2 is 0.345 bits per heavy atom. The summed E-state index contributed by atoms with van der Waals surface area (Å²) in [5.74, 6) is 0. The first-order valence-corrected chi connectivity index (χ1v) is 20.2. The van der Waals surface area contributed by atoms with E-state index in [0.29, 0.717) is 0 Å². The van der Waals surface area contributed by atoms with Gasteiger partial charge in [-0.15, -0.1) is 0 Å². The van der Waals surface area contributed by atoms with Gasteiger partial charge in [0.25, 0.3) is 0 Å². The Morgan fingerprint density at radius 3 is 0.603 bits per heavy atom. The van der Waals surface area contributed by atoms with Crippen molar-refractivity contribution in [2.75, 3.05) is 0 Å². The Hall–Kier alpha value is -7.54. The fraction of sp³-hybridized carbons (Fsp3) is 0. The van der Waals surface area contributed by atoms with Crippen LogP contribution in [0.4, 0.5) is 0 Å². The molecule has 0 saturated carbocycles. The zero-order chi connectivity index (χ0) is 38.2. The van der Waals surface area contributed by atoms with E-state index in [-0.39, 0.29) is 0 Å². The molecule has 12 aromatic carbocycles. The number of fused-ring (bicyclic) bond motifs is 7. The Kier molecular flexibility index (Phi) is 7.33. The third-order valence-corrected chi connectivity index (χ3v) is 12.4. The minimum absolute atomic E-state index is 1.23. The van der Waals surface area contributed by atoms with Crippen LogP contribution in [-0.4, -0.2) is 0 Å². The average molecular weight is 733 g/mol. The lowest BCUT2D eigenvalue weighted by Gasteiger charge is -2.19. The predicted molar refractivity (Wildman–Crippen MR) is 251 cm³/mol. The molecule has 0 unspecified atom stereocenters. The van der Waals surface area contributed by atoms with Crippen LogP contribution < -0.4 is 0 Å². The topological polar surface area (TPSA) is 0 Å². The second-order valence-electron chi connectivity index (χ2n) is 15.6. The van der Waals surface area contributed by atoms with E-state index in [0.717, 1.165) is 0 Å². The molecule has 0 radical (unpaired) electrons. The molecular formula is C58H36. The van der Waals surface area contributed by atoms with E-state index in [9.17, 15) is 0 Å². The van der Waals surface area contributed by atoms with Crippen LogP contribution in [-0.2, 0) is 0 Å². The molecule has 58 heavy (non-hydrogen) atoms. The predicted octanol–water partition coefficient (Wildman–Crippen LogP) is 16.4. The molecule has 0 aromatic heterocycles. The quantitative estimate of drug-likeness (QED) is 0.158. The summed E-state index contributed by atoms with van der Waals surface area (Å²) < 4.78 is 0. The molecule has 0 saturated heterocycles. The lowest BCUT2D eigenvalue weighted by molar-refractivity contribution is 1.67. The minimum Gasteiger partial charge on any atom is -0.0616 e. The molecule has 0 atom stereocenters. The highest BCUT2D eigenvalue weighted by atomic mass is 14.2. The second-order valence-corrected chi connectivity index (χ2v) is 15.6. The van der Waals surface area contributed by atoms with E-state index in [4.69, 9.17) is 0 Å². The van der Waals surface area contributed by atoms with Gasteiger partial charge in [-0.25, -0.2) is 0 Å². The standard InChI is InChI=1S/C58H36/c1-3-15-39-33-43(29-25-37(39)13-1)55-47-17-5-9-21-51(47)57(52-22-10-6-18-48(52)55)45-31-27-42-36-46(32-28-41(42)35-45)58-53-23-11-7-19-49(53)56(50-20-8-12-24-54(50)58)44-30-26-38-14-2-4-16-40(38)34-44/h1-36H. The van der Waals surface area contributed by atoms with Crippen molar-refractivity contribution in [1.82, 2.24) is 0 Å². The van der Waals surface area contributed by atoms with Gasteiger partial charge in [-0.3, -0.25) is 0 Å². The minimum atomic E-state index is 1.23. The largest absolute Gasteiger partial charge is 0.0616 e. The van der Waals surface area contributed by atoms with Crippen molar-refractivity contribution in [3.8, 4) is 44.5 Å². The molecular weight excluding hydrogens is 697 g/mol. The summed E-state index contributed by atoms with van der Waals surface area (Å²) in [5.41, 5.74) is 10.1.